The van der Waals surface area contributed by atoms with Gasteiger partial charge in [0, 0.05) is 23.7 Å². The summed E-state index contributed by atoms with van der Waals surface area (Å²) in [7, 11) is 0. The Morgan fingerprint density at radius 3 is 2.52 bits per heavy atom. The molecule has 1 aliphatic heterocycles. The number of nitro groups is 1. The van der Waals surface area contributed by atoms with Gasteiger partial charge in [-0.25, -0.2) is 4.79 Å². The number of benzene rings is 3. The second-order valence-electron chi connectivity index (χ2n) is 7.62. The van der Waals surface area contributed by atoms with Crippen LogP contribution in [0.5, 0.6) is 0 Å². The van der Waals surface area contributed by atoms with Crippen LogP contribution in [0.4, 0.5) is 11.4 Å². The Balaban J connectivity index is 1.64. The number of fused-ring (bicyclic) bond motifs is 5. The van der Waals surface area contributed by atoms with Crippen molar-refractivity contribution in [1.82, 2.24) is 0 Å². The third kappa shape index (κ3) is 2.76. The highest BCUT2D eigenvalue weighted by molar-refractivity contribution is 5.87. The third-order valence-corrected chi connectivity index (χ3v) is 6.11. The summed E-state index contributed by atoms with van der Waals surface area (Å²) in [5.74, 6) is -0.693. The molecule has 0 bridgehead atoms. The molecule has 6 heteroatoms. The first-order valence-corrected chi connectivity index (χ1v) is 9.49. The highest BCUT2D eigenvalue weighted by atomic mass is 16.6. The Bertz CT molecular complexity index is 1140. The number of aromatic carboxylic acids is 1. The first-order valence-electron chi connectivity index (χ1n) is 9.49. The number of carboxylic acid groups (broad SMARTS) is 1. The Kier molecular flexibility index (Phi) is 3.87. The van der Waals surface area contributed by atoms with Crippen molar-refractivity contribution in [3.05, 3.63) is 105 Å². The van der Waals surface area contributed by atoms with Crippen LogP contribution in [0.1, 0.15) is 44.6 Å². The van der Waals surface area contributed by atoms with E-state index in [0.717, 1.165) is 23.2 Å². The molecule has 0 saturated carbocycles. The number of carbonyl (C=O) groups is 1. The van der Waals surface area contributed by atoms with Crippen molar-refractivity contribution in [2.75, 3.05) is 5.32 Å². The van der Waals surface area contributed by atoms with Gasteiger partial charge in [0.2, 0.25) is 0 Å². The molecule has 5 rings (SSSR count). The fraction of sp³-hybridized carbons (Fsp3) is 0.174. The zero-order valence-corrected chi connectivity index (χ0v) is 15.4. The van der Waals surface area contributed by atoms with Crippen LogP contribution in [0.15, 0.2) is 66.7 Å². The van der Waals surface area contributed by atoms with Crippen LogP contribution >= 0.6 is 0 Å². The predicted octanol–water partition coefficient (Wildman–Crippen LogP) is 4.76. The lowest BCUT2D eigenvalue weighted by Crippen LogP contribution is -2.30. The molecule has 29 heavy (non-hydrogen) atoms. The van der Waals surface area contributed by atoms with Crippen molar-refractivity contribution in [3.63, 3.8) is 0 Å². The topological polar surface area (TPSA) is 92.5 Å². The van der Waals surface area contributed by atoms with Crippen LogP contribution in [0.2, 0.25) is 0 Å². The molecule has 3 aromatic carbocycles. The van der Waals surface area contributed by atoms with Gasteiger partial charge in [0.25, 0.3) is 5.69 Å². The van der Waals surface area contributed by atoms with Crippen molar-refractivity contribution >= 4 is 17.3 Å². The Hall–Kier alpha value is -3.67. The summed E-state index contributed by atoms with van der Waals surface area (Å²) in [6.07, 6.45) is 0.862. The summed E-state index contributed by atoms with van der Waals surface area (Å²) < 4.78 is 0. The molecule has 6 nitrogen and oxygen atoms in total. The highest BCUT2D eigenvalue weighted by Crippen LogP contribution is 2.54. The van der Waals surface area contributed by atoms with E-state index in [9.17, 15) is 20.0 Å². The molecule has 144 valence electrons. The van der Waals surface area contributed by atoms with Gasteiger partial charge in [-0.1, -0.05) is 36.4 Å². The second-order valence-corrected chi connectivity index (χ2v) is 7.62. The normalized spacial score (nSPS) is 21.4. The highest BCUT2D eigenvalue weighted by Gasteiger charge is 2.43. The van der Waals surface area contributed by atoms with Gasteiger partial charge in [0.05, 0.1) is 16.5 Å². The largest absolute Gasteiger partial charge is 0.478 e. The molecule has 3 aromatic rings. The van der Waals surface area contributed by atoms with Crippen molar-refractivity contribution < 1.29 is 14.8 Å². The van der Waals surface area contributed by atoms with Crippen LogP contribution < -0.4 is 5.32 Å². The van der Waals surface area contributed by atoms with E-state index < -0.39 is 5.97 Å². The maximum Gasteiger partial charge on any atom is 0.335 e. The molecule has 0 spiro atoms. The molecule has 1 aliphatic carbocycles. The minimum absolute atomic E-state index is 0.01000. The van der Waals surface area contributed by atoms with E-state index in [1.165, 1.54) is 17.2 Å². The van der Waals surface area contributed by atoms with Crippen molar-refractivity contribution in [3.8, 4) is 0 Å². The van der Waals surface area contributed by atoms with Gasteiger partial charge >= 0.3 is 5.97 Å². The molecule has 0 unspecified atom stereocenters. The number of hydrogen-bond donors (Lipinski definition) is 2. The van der Waals surface area contributed by atoms with E-state index in [-0.39, 0.29) is 34.1 Å². The van der Waals surface area contributed by atoms with Gasteiger partial charge in [0.15, 0.2) is 0 Å². The molecular formula is C23H18N2O4. The van der Waals surface area contributed by atoms with Crippen molar-refractivity contribution in [2.24, 2.45) is 5.92 Å². The first-order chi connectivity index (χ1) is 14.0. The number of anilines is 1. The maximum atomic E-state index is 11.3. The predicted molar refractivity (Wildman–Crippen MR) is 108 cm³/mol. The Morgan fingerprint density at radius 1 is 1.03 bits per heavy atom. The van der Waals surface area contributed by atoms with Crippen LogP contribution in [0.25, 0.3) is 0 Å². The minimum Gasteiger partial charge on any atom is -0.478 e. The molecule has 0 amide bonds. The molecule has 0 fully saturated rings. The number of rotatable bonds is 3. The molecule has 0 aromatic heterocycles. The average molecular weight is 386 g/mol. The van der Waals surface area contributed by atoms with Crippen LogP contribution in [-0.2, 0) is 6.42 Å². The molecule has 2 aliphatic rings. The molecule has 2 N–H and O–H groups in total. The quantitative estimate of drug-likeness (QED) is 0.500. The molecular weight excluding hydrogens is 368 g/mol. The van der Waals surface area contributed by atoms with Gasteiger partial charge in [-0.05, 0) is 52.8 Å². The lowest BCUT2D eigenvalue weighted by molar-refractivity contribution is -0.384. The summed E-state index contributed by atoms with van der Waals surface area (Å²) >= 11 is 0. The maximum absolute atomic E-state index is 11.3. The number of nitro benzene ring substituents is 1. The van der Waals surface area contributed by atoms with E-state index in [4.69, 9.17) is 0 Å². The number of non-ortho nitro benzene ring substituents is 1. The summed E-state index contributed by atoms with van der Waals surface area (Å²) in [5, 5.41) is 24.1. The SMILES string of the molecule is O=C(O)c1ccc([C@@H]2Nc3ccc([N+](=O)[O-])cc3[C@@H]3c4ccccc4C[C@@H]32)cc1. The molecule has 1 heterocycles. The first kappa shape index (κ1) is 17.4. The van der Waals surface area contributed by atoms with Crippen LogP contribution in [0.3, 0.4) is 0 Å². The molecule has 0 radical (unpaired) electrons. The number of carboxylic acids is 1. The van der Waals surface area contributed by atoms with Gasteiger partial charge < -0.3 is 10.4 Å². The summed E-state index contributed by atoms with van der Waals surface area (Å²) in [6, 6.07) is 20.2. The van der Waals surface area contributed by atoms with E-state index in [1.54, 1.807) is 24.3 Å². The monoisotopic (exact) mass is 386 g/mol. The number of hydrogen-bond acceptors (Lipinski definition) is 4. The van der Waals surface area contributed by atoms with Crippen molar-refractivity contribution in [1.29, 1.82) is 0 Å². The Morgan fingerprint density at radius 2 is 1.79 bits per heavy atom. The number of nitrogens with zero attached hydrogens (tertiary/aromatic N) is 1. The van der Waals surface area contributed by atoms with Crippen molar-refractivity contribution in [2.45, 2.75) is 18.4 Å². The second kappa shape index (κ2) is 6.44. The van der Waals surface area contributed by atoms with Crippen LogP contribution in [0, 0.1) is 16.0 Å². The van der Waals surface area contributed by atoms with Gasteiger partial charge in [-0.3, -0.25) is 10.1 Å². The Labute approximate surface area is 167 Å². The third-order valence-electron chi connectivity index (χ3n) is 6.11. The smallest absolute Gasteiger partial charge is 0.335 e. The van der Waals surface area contributed by atoms with E-state index in [2.05, 4.69) is 17.4 Å². The lowest BCUT2D eigenvalue weighted by Gasteiger charge is -2.38. The van der Waals surface area contributed by atoms with E-state index in [1.807, 2.05) is 24.3 Å². The minimum atomic E-state index is -0.947. The van der Waals surface area contributed by atoms with Crippen LogP contribution in [-0.4, -0.2) is 16.0 Å². The van der Waals surface area contributed by atoms with Gasteiger partial charge in [-0.15, -0.1) is 0 Å². The fourth-order valence-corrected chi connectivity index (χ4v) is 4.82. The molecule has 0 saturated heterocycles. The average Bonchev–Trinajstić information content (AvgIpc) is 3.12. The zero-order valence-electron chi connectivity index (χ0n) is 15.4. The standard InChI is InChI=1S/C23H18N2O4/c26-23(27)14-7-5-13(6-8-14)22-19-11-15-3-1-2-4-17(15)21(19)18-12-16(25(28)29)9-10-20(18)24-22/h1-10,12,19,21-22,24H,11H2,(H,26,27)/t19-,21-,22-/m0/s1. The summed E-state index contributed by atoms with van der Waals surface area (Å²) in [6.45, 7) is 0. The summed E-state index contributed by atoms with van der Waals surface area (Å²) in [5.41, 5.74) is 5.68. The lowest BCUT2D eigenvalue weighted by atomic mass is 9.75. The van der Waals surface area contributed by atoms with E-state index >= 15 is 0 Å². The fourth-order valence-electron chi connectivity index (χ4n) is 4.82. The van der Waals surface area contributed by atoms with Gasteiger partial charge in [0.1, 0.15) is 0 Å². The van der Waals surface area contributed by atoms with Gasteiger partial charge in [-0.2, -0.15) is 0 Å². The number of nitrogens with one attached hydrogen (secondary N) is 1. The summed E-state index contributed by atoms with van der Waals surface area (Å²) in [4.78, 5) is 22.2. The van der Waals surface area contributed by atoms with E-state index in [0.29, 0.717) is 0 Å². The zero-order chi connectivity index (χ0) is 20.1. The molecule has 3 atom stereocenters.